The minimum atomic E-state index is 0.526. The van der Waals surface area contributed by atoms with Crippen molar-refractivity contribution in [1.82, 2.24) is 0 Å². The molecule has 1 heteroatoms. The molecule has 0 fully saturated rings. The molecule has 1 rings (SSSR count). The predicted octanol–water partition coefficient (Wildman–Crippen LogP) is 3.56. The summed E-state index contributed by atoms with van der Waals surface area (Å²) in [6.45, 7) is 5.79. The average molecular weight is 183 g/mol. The molecule has 0 saturated carbocycles. The van der Waals surface area contributed by atoms with Gasteiger partial charge < -0.3 is 0 Å². The number of hydrogen-bond acceptors (Lipinski definition) is 1. The maximum Gasteiger partial charge on any atom is 0.0991 e. The van der Waals surface area contributed by atoms with Crippen molar-refractivity contribution >= 4 is 5.57 Å². The van der Waals surface area contributed by atoms with Crippen LogP contribution in [-0.2, 0) is 0 Å². The van der Waals surface area contributed by atoms with Crippen molar-refractivity contribution in [3.8, 4) is 6.07 Å². The van der Waals surface area contributed by atoms with Gasteiger partial charge in [-0.1, -0.05) is 49.9 Å². The largest absolute Gasteiger partial charge is 0.192 e. The highest BCUT2D eigenvalue weighted by Crippen LogP contribution is 2.21. The zero-order valence-electron chi connectivity index (χ0n) is 8.33. The number of hydrogen-bond donors (Lipinski definition) is 0. The highest BCUT2D eigenvalue weighted by atomic mass is 14.2. The van der Waals surface area contributed by atoms with E-state index in [4.69, 9.17) is 5.26 Å². The minimum Gasteiger partial charge on any atom is -0.192 e. The van der Waals surface area contributed by atoms with Crippen molar-refractivity contribution in [2.75, 3.05) is 0 Å². The zero-order valence-corrected chi connectivity index (χ0v) is 8.33. The minimum absolute atomic E-state index is 0.526. The number of nitrogens with zero attached hydrogens (tertiary/aromatic N) is 1. The lowest BCUT2D eigenvalue weighted by Crippen LogP contribution is -1.86. The van der Waals surface area contributed by atoms with Crippen LogP contribution in [0.3, 0.4) is 0 Å². The van der Waals surface area contributed by atoms with E-state index in [0.717, 1.165) is 17.6 Å². The van der Waals surface area contributed by atoms with Crippen LogP contribution in [0.25, 0.3) is 5.57 Å². The van der Waals surface area contributed by atoms with Crippen LogP contribution in [0.15, 0.2) is 48.6 Å². The molecular weight excluding hydrogens is 170 g/mol. The fourth-order valence-electron chi connectivity index (χ4n) is 1.30. The summed E-state index contributed by atoms with van der Waals surface area (Å²) in [7, 11) is 0. The van der Waals surface area contributed by atoms with Crippen LogP contribution in [0.2, 0.25) is 0 Å². The van der Waals surface area contributed by atoms with E-state index in [-0.39, 0.29) is 0 Å². The second-order valence-corrected chi connectivity index (χ2v) is 2.98. The van der Waals surface area contributed by atoms with Gasteiger partial charge in [0.05, 0.1) is 11.6 Å². The van der Waals surface area contributed by atoms with E-state index in [1.807, 2.05) is 43.3 Å². The Morgan fingerprint density at radius 1 is 1.43 bits per heavy atom. The van der Waals surface area contributed by atoms with Gasteiger partial charge in [-0.25, -0.2) is 0 Å². The highest BCUT2D eigenvalue weighted by molar-refractivity contribution is 5.81. The molecule has 0 unspecified atom stereocenters. The Hall–Kier alpha value is -1.81. The van der Waals surface area contributed by atoms with Gasteiger partial charge in [0.15, 0.2) is 0 Å². The molecule has 1 nitrogen and oxygen atoms in total. The Kier molecular flexibility index (Phi) is 3.69. The van der Waals surface area contributed by atoms with Crippen LogP contribution in [0.4, 0.5) is 0 Å². The number of allylic oxidation sites excluding steroid dienone is 3. The Balaban J connectivity index is 3.09. The van der Waals surface area contributed by atoms with Gasteiger partial charge in [-0.2, -0.15) is 5.26 Å². The van der Waals surface area contributed by atoms with Crippen molar-refractivity contribution < 1.29 is 0 Å². The van der Waals surface area contributed by atoms with E-state index >= 15 is 0 Å². The fourth-order valence-corrected chi connectivity index (χ4v) is 1.30. The molecule has 0 N–H and O–H groups in total. The topological polar surface area (TPSA) is 23.8 Å². The Morgan fingerprint density at radius 2 is 2.07 bits per heavy atom. The number of rotatable bonds is 3. The van der Waals surface area contributed by atoms with Crippen LogP contribution in [-0.4, -0.2) is 0 Å². The molecule has 0 aliphatic heterocycles. The van der Waals surface area contributed by atoms with Gasteiger partial charge in [0.25, 0.3) is 0 Å². The molecule has 0 spiro atoms. The third kappa shape index (κ3) is 2.34. The summed E-state index contributed by atoms with van der Waals surface area (Å²) in [5.41, 5.74) is 2.52. The summed E-state index contributed by atoms with van der Waals surface area (Å²) in [4.78, 5) is 0. The van der Waals surface area contributed by atoms with Crippen LogP contribution < -0.4 is 0 Å². The average Bonchev–Trinajstić information content (AvgIpc) is 2.26. The molecule has 0 bridgehead atoms. The third-order valence-corrected chi connectivity index (χ3v) is 1.95. The molecule has 0 aliphatic rings. The molecule has 1 aromatic rings. The normalized spacial score (nSPS) is 10.7. The van der Waals surface area contributed by atoms with Crippen molar-refractivity contribution in [1.29, 1.82) is 5.26 Å². The molecule has 0 amide bonds. The van der Waals surface area contributed by atoms with E-state index in [1.165, 1.54) is 0 Å². The van der Waals surface area contributed by atoms with Crippen LogP contribution in [0, 0.1) is 11.3 Å². The first-order valence-electron chi connectivity index (χ1n) is 4.64. The van der Waals surface area contributed by atoms with E-state index in [0.29, 0.717) is 5.57 Å². The van der Waals surface area contributed by atoms with Gasteiger partial charge in [0.2, 0.25) is 0 Å². The number of benzene rings is 1. The molecular formula is C13H13N. The maximum absolute atomic E-state index is 8.80. The summed E-state index contributed by atoms with van der Waals surface area (Å²) in [5.74, 6) is 0. The molecule has 0 aliphatic carbocycles. The lowest BCUT2D eigenvalue weighted by molar-refractivity contribution is 1.22. The third-order valence-electron chi connectivity index (χ3n) is 1.95. The maximum atomic E-state index is 8.80. The van der Waals surface area contributed by atoms with Gasteiger partial charge in [0.1, 0.15) is 0 Å². The van der Waals surface area contributed by atoms with Crippen LogP contribution in [0.5, 0.6) is 0 Å². The summed E-state index contributed by atoms with van der Waals surface area (Å²) >= 11 is 0. The second-order valence-electron chi connectivity index (χ2n) is 2.98. The first-order chi connectivity index (χ1) is 6.79. The molecule has 0 saturated heterocycles. The first kappa shape index (κ1) is 10.3. The monoisotopic (exact) mass is 183 g/mol. The van der Waals surface area contributed by atoms with Crippen molar-refractivity contribution in [3.63, 3.8) is 0 Å². The second kappa shape index (κ2) is 5.04. The zero-order chi connectivity index (χ0) is 10.4. The van der Waals surface area contributed by atoms with Crippen LogP contribution in [0.1, 0.15) is 18.9 Å². The molecule has 14 heavy (non-hydrogen) atoms. The van der Waals surface area contributed by atoms with Crippen molar-refractivity contribution in [2.24, 2.45) is 0 Å². The highest BCUT2D eigenvalue weighted by Gasteiger charge is 2.03. The fraction of sp³-hybridized carbons (Fsp3) is 0.154. The van der Waals surface area contributed by atoms with Gasteiger partial charge in [-0.15, -0.1) is 0 Å². The molecule has 0 atom stereocenters. The van der Waals surface area contributed by atoms with Crippen molar-refractivity contribution in [2.45, 2.75) is 13.3 Å². The summed E-state index contributed by atoms with van der Waals surface area (Å²) in [5, 5.41) is 8.80. The number of nitriles is 1. The SMILES string of the molecule is C=C(C#N)/C(=C\CC)c1ccccc1. The Morgan fingerprint density at radius 3 is 2.57 bits per heavy atom. The molecule has 70 valence electrons. The predicted molar refractivity (Wildman–Crippen MR) is 59.5 cm³/mol. The standard InChI is InChI=1S/C13H13N/c1-3-7-13(11(2)10-14)12-8-5-4-6-9-12/h4-9H,2-3H2,1H3/b13-7+. The van der Waals surface area contributed by atoms with E-state index in [9.17, 15) is 0 Å². The van der Waals surface area contributed by atoms with E-state index in [2.05, 4.69) is 12.6 Å². The summed E-state index contributed by atoms with van der Waals surface area (Å²) < 4.78 is 0. The quantitative estimate of drug-likeness (QED) is 0.519. The van der Waals surface area contributed by atoms with E-state index < -0.39 is 0 Å². The first-order valence-corrected chi connectivity index (χ1v) is 4.64. The Labute approximate surface area is 85.0 Å². The molecule has 0 radical (unpaired) electrons. The van der Waals surface area contributed by atoms with Crippen LogP contribution >= 0.6 is 0 Å². The van der Waals surface area contributed by atoms with E-state index in [1.54, 1.807) is 0 Å². The Bertz CT molecular complexity index is 379. The van der Waals surface area contributed by atoms with Gasteiger partial charge in [0, 0.05) is 0 Å². The van der Waals surface area contributed by atoms with Crippen molar-refractivity contribution in [3.05, 3.63) is 54.1 Å². The lowest BCUT2D eigenvalue weighted by Gasteiger charge is -2.04. The van der Waals surface area contributed by atoms with Gasteiger partial charge >= 0.3 is 0 Å². The molecule has 1 aromatic carbocycles. The summed E-state index contributed by atoms with van der Waals surface area (Å²) in [6.07, 6.45) is 2.94. The molecule has 0 heterocycles. The lowest BCUT2D eigenvalue weighted by atomic mass is 9.99. The van der Waals surface area contributed by atoms with Gasteiger partial charge in [-0.05, 0) is 17.6 Å². The van der Waals surface area contributed by atoms with Gasteiger partial charge in [-0.3, -0.25) is 0 Å². The summed E-state index contributed by atoms with van der Waals surface area (Å²) in [6, 6.07) is 11.9. The smallest absolute Gasteiger partial charge is 0.0991 e. The molecule has 0 aromatic heterocycles.